The van der Waals surface area contributed by atoms with Crippen LogP contribution in [0, 0.1) is 0 Å². The summed E-state index contributed by atoms with van der Waals surface area (Å²) in [7, 11) is -2.85. The third-order valence-electron chi connectivity index (χ3n) is 1.49. The van der Waals surface area contributed by atoms with Crippen molar-refractivity contribution < 1.29 is 24.0 Å². The number of hydrogen-bond acceptors (Lipinski definition) is 7. The molecule has 0 aliphatic rings. The van der Waals surface area contributed by atoms with E-state index in [1.165, 1.54) is 12.4 Å². The van der Waals surface area contributed by atoms with Crippen LogP contribution >= 0.6 is 8.25 Å². The number of hydrogen-bond donors (Lipinski definition) is 2. The second-order valence-corrected chi connectivity index (χ2v) is 3.56. The van der Waals surface area contributed by atoms with Crippen molar-refractivity contribution in [1.82, 2.24) is 19.9 Å². The molecule has 2 N–H and O–H groups in total. The minimum absolute atomic E-state index is 0.0998. The van der Waals surface area contributed by atoms with Crippen LogP contribution in [0.25, 0.3) is 0 Å². The fourth-order valence-corrected chi connectivity index (χ4v) is 1.55. The molecule has 10 heteroatoms. The number of nitrogens with zero attached hydrogens (tertiary/aromatic N) is 4. The first kappa shape index (κ1) is 10.4. The normalized spacial score (nSPS) is 10.6. The predicted octanol–water partition coefficient (Wildman–Crippen LogP) is 0.402. The average molecular weight is 246 g/mol. The monoisotopic (exact) mass is 246 g/mol. The molecule has 9 nitrogen and oxygen atoms in total. The Balaban J connectivity index is 1.94. The van der Waals surface area contributed by atoms with Gasteiger partial charge in [0.1, 0.15) is 12.4 Å². The van der Waals surface area contributed by atoms with Gasteiger partial charge in [0.2, 0.25) is 0 Å². The molecule has 86 valence electrons. The van der Waals surface area contributed by atoms with Crippen LogP contribution in [0.5, 0.6) is 11.5 Å². The minimum Gasteiger partial charge on any atom is -0.414 e. The van der Waals surface area contributed by atoms with Gasteiger partial charge in [-0.25, -0.2) is 4.57 Å². The van der Waals surface area contributed by atoms with Crippen molar-refractivity contribution in [3.63, 3.8) is 0 Å². The van der Waals surface area contributed by atoms with Gasteiger partial charge in [0.25, 0.3) is 0 Å². The Bertz CT molecular complexity index is 464. The van der Waals surface area contributed by atoms with Gasteiger partial charge in [-0.3, -0.25) is 0 Å². The molecule has 2 aromatic rings. The van der Waals surface area contributed by atoms with Gasteiger partial charge in [0.05, 0.1) is 12.4 Å². The lowest BCUT2D eigenvalue weighted by Crippen LogP contribution is -1.89. The van der Waals surface area contributed by atoms with E-state index in [1.807, 2.05) is 0 Å². The van der Waals surface area contributed by atoms with Gasteiger partial charge in [-0.15, -0.1) is 19.9 Å². The van der Waals surface area contributed by atoms with Crippen molar-refractivity contribution in [3.8, 4) is 11.5 Å². The Labute approximate surface area is 89.3 Å². The summed E-state index contributed by atoms with van der Waals surface area (Å²) in [6, 6.07) is 0. The second-order valence-electron chi connectivity index (χ2n) is 2.65. The maximum absolute atomic E-state index is 11.3. The molecule has 0 aliphatic heterocycles. The van der Waals surface area contributed by atoms with Crippen LogP contribution in [0.2, 0.25) is 0 Å². The van der Waals surface area contributed by atoms with Crippen LogP contribution in [-0.2, 0) is 4.57 Å². The smallest absolute Gasteiger partial charge is 0.414 e. The van der Waals surface area contributed by atoms with Gasteiger partial charge in [-0.2, -0.15) is 0 Å². The van der Waals surface area contributed by atoms with E-state index in [2.05, 4.69) is 10.2 Å². The van der Waals surface area contributed by atoms with Gasteiger partial charge in [-0.05, 0) is 0 Å². The van der Waals surface area contributed by atoms with Crippen molar-refractivity contribution >= 4 is 8.25 Å². The van der Waals surface area contributed by atoms with Crippen molar-refractivity contribution in [2.75, 3.05) is 0 Å². The predicted molar refractivity (Wildman–Crippen MR) is 49.1 cm³/mol. The Kier molecular flexibility index (Phi) is 2.69. The first-order valence-electron chi connectivity index (χ1n) is 4.01. The molecule has 0 aromatic carbocycles. The minimum atomic E-state index is -2.85. The summed E-state index contributed by atoms with van der Waals surface area (Å²) in [4.78, 5) is 1.02. The molecule has 0 unspecified atom stereocenters. The Morgan fingerprint density at radius 3 is 1.81 bits per heavy atom. The van der Waals surface area contributed by atoms with E-state index in [-0.39, 0.29) is 11.5 Å². The van der Waals surface area contributed by atoms with Crippen LogP contribution in [-0.4, -0.2) is 30.3 Å². The second kappa shape index (κ2) is 4.15. The fourth-order valence-electron chi connectivity index (χ4n) is 0.912. The molecule has 2 heterocycles. The molecule has 2 aromatic heterocycles. The maximum Gasteiger partial charge on any atom is 0.419 e. The zero-order valence-electron chi connectivity index (χ0n) is 7.72. The third-order valence-corrected chi connectivity index (χ3v) is 2.30. The summed E-state index contributed by atoms with van der Waals surface area (Å²) in [6.07, 6.45) is 4.56. The molecule has 0 saturated carbocycles. The molecule has 0 atom stereocenters. The highest BCUT2D eigenvalue weighted by molar-refractivity contribution is 7.34. The van der Waals surface area contributed by atoms with Gasteiger partial charge >= 0.3 is 8.25 Å². The highest BCUT2D eigenvalue weighted by Crippen LogP contribution is 2.29. The van der Waals surface area contributed by atoms with Crippen LogP contribution in [0.3, 0.4) is 0 Å². The van der Waals surface area contributed by atoms with Gasteiger partial charge in [0.15, 0.2) is 11.5 Å². The fraction of sp³-hybridized carbons (Fsp3) is 0. The molecule has 0 fully saturated rings. The highest BCUT2D eigenvalue weighted by Gasteiger charge is 2.07. The largest absolute Gasteiger partial charge is 0.419 e. The van der Waals surface area contributed by atoms with Crippen molar-refractivity contribution in [3.05, 3.63) is 24.8 Å². The van der Waals surface area contributed by atoms with Crippen LogP contribution < -0.4 is 9.05 Å². The molecule has 0 spiro atoms. The number of aromatic nitrogens is 4. The molecule has 0 radical (unpaired) electrons. The van der Waals surface area contributed by atoms with Gasteiger partial charge in [0, 0.05) is 0 Å². The maximum atomic E-state index is 11.3. The van der Waals surface area contributed by atoms with E-state index in [4.69, 9.17) is 19.5 Å². The number of rotatable bonds is 4. The van der Waals surface area contributed by atoms with E-state index in [9.17, 15) is 4.57 Å². The van der Waals surface area contributed by atoms with E-state index < -0.39 is 8.25 Å². The van der Waals surface area contributed by atoms with Crippen LogP contribution in [0.4, 0.5) is 0 Å². The lowest BCUT2D eigenvalue weighted by molar-refractivity contribution is 0.148. The summed E-state index contributed by atoms with van der Waals surface area (Å²) in [6.45, 7) is 0. The quantitative estimate of drug-likeness (QED) is 0.593. The standard InChI is InChI=1S/C6H7N4O5P/c11-9-3-5(1-7-9)14-16(13)15-6-2-8-10(12)4-6/h1-4,11-12,16H. The van der Waals surface area contributed by atoms with E-state index in [1.54, 1.807) is 0 Å². The summed E-state index contributed by atoms with van der Waals surface area (Å²) in [5.41, 5.74) is 0. The summed E-state index contributed by atoms with van der Waals surface area (Å²) < 4.78 is 20.9. The van der Waals surface area contributed by atoms with E-state index >= 15 is 0 Å². The third kappa shape index (κ3) is 2.45. The lowest BCUT2D eigenvalue weighted by atomic mass is 10.7. The molecule has 0 saturated heterocycles. The van der Waals surface area contributed by atoms with Crippen LogP contribution in [0.15, 0.2) is 24.8 Å². The summed E-state index contributed by atoms with van der Waals surface area (Å²) in [5.74, 6) is 0.200. The van der Waals surface area contributed by atoms with Crippen molar-refractivity contribution in [1.29, 1.82) is 0 Å². The summed E-state index contributed by atoms with van der Waals surface area (Å²) in [5, 5.41) is 24.4. The summed E-state index contributed by atoms with van der Waals surface area (Å²) >= 11 is 0. The highest BCUT2D eigenvalue weighted by atomic mass is 31.1. The zero-order valence-corrected chi connectivity index (χ0v) is 8.72. The van der Waals surface area contributed by atoms with E-state index in [0.29, 0.717) is 9.69 Å². The molecular formula is C6H7N4O5P. The first-order valence-corrected chi connectivity index (χ1v) is 5.23. The Hall–Kier alpha value is -2.15. The Morgan fingerprint density at radius 2 is 1.50 bits per heavy atom. The molecule has 0 aliphatic carbocycles. The molecule has 2 rings (SSSR count). The topological polar surface area (TPSA) is 112 Å². The van der Waals surface area contributed by atoms with Crippen molar-refractivity contribution in [2.24, 2.45) is 0 Å². The lowest BCUT2D eigenvalue weighted by Gasteiger charge is -2.02. The first-order chi connectivity index (χ1) is 7.63. The van der Waals surface area contributed by atoms with Crippen molar-refractivity contribution in [2.45, 2.75) is 0 Å². The molecule has 16 heavy (non-hydrogen) atoms. The SMILES string of the molecule is O=[PH](Oc1cnn(O)c1)Oc1cnn(O)c1. The average Bonchev–Trinajstić information content (AvgIpc) is 2.76. The Morgan fingerprint density at radius 1 is 1.06 bits per heavy atom. The van der Waals surface area contributed by atoms with Gasteiger partial charge in [-0.1, -0.05) is 0 Å². The molecule has 0 bridgehead atoms. The molecule has 0 amide bonds. The molecular weight excluding hydrogens is 239 g/mol. The van der Waals surface area contributed by atoms with Crippen LogP contribution in [0.1, 0.15) is 0 Å². The zero-order chi connectivity index (χ0) is 11.5. The van der Waals surface area contributed by atoms with Gasteiger partial charge < -0.3 is 19.5 Å². The van der Waals surface area contributed by atoms with E-state index in [0.717, 1.165) is 12.4 Å².